The first kappa shape index (κ1) is 16.2. The number of hydrogen-bond donors (Lipinski definition) is 1. The summed E-state index contributed by atoms with van der Waals surface area (Å²) in [7, 11) is -2.14. The first-order valence-corrected chi connectivity index (χ1v) is 7.44. The van der Waals surface area contributed by atoms with Gasteiger partial charge in [0.05, 0.1) is 6.61 Å². The van der Waals surface area contributed by atoms with E-state index in [1.54, 1.807) is 0 Å². The van der Waals surface area contributed by atoms with Gasteiger partial charge in [0.15, 0.2) is 5.76 Å². The number of carboxylic acid groups (broad SMARTS) is 1. The molecule has 1 heterocycles. The Hall–Kier alpha value is -1.87. The minimum atomic E-state index is -3.56. The Labute approximate surface area is 115 Å². The van der Waals surface area contributed by atoms with Crippen LogP contribution in [0.25, 0.3) is 0 Å². The molecule has 1 aromatic rings. The van der Waals surface area contributed by atoms with Crippen molar-refractivity contribution in [3.05, 3.63) is 17.9 Å². The van der Waals surface area contributed by atoms with Gasteiger partial charge in [-0.2, -0.15) is 0 Å². The molecule has 0 unspecified atom stereocenters. The van der Waals surface area contributed by atoms with E-state index in [4.69, 9.17) is 14.3 Å². The molecule has 9 heteroatoms. The normalized spacial score (nSPS) is 11.3. The van der Waals surface area contributed by atoms with Crippen LogP contribution in [0.15, 0.2) is 21.6 Å². The molecule has 0 aliphatic heterocycles. The van der Waals surface area contributed by atoms with Gasteiger partial charge in [0, 0.05) is 19.9 Å². The Morgan fingerprint density at radius 1 is 1.40 bits per heavy atom. The highest BCUT2D eigenvalue weighted by atomic mass is 32.2. The predicted molar refractivity (Wildman–Crippen MR) is 67.2 cm³/mol. The lowest BCUT2D eigenvalue weighted by Gasteiger charge is -2.18. The molecule has 1 aromatic heterocycles. The first-order chi connectivity index (χ1) is 9.25. The Kier molecular flexibility index (Phi) is 5.28. The lowest BCUT2D eigenvalue weighted by atomic mass is 10.3. The fraction of sp³-hybridized carbons (Fsp3) is 0.455. The number of ether oxygens (including phenoxy) is 1. The van der Waals surface area contributed by atoms with E-state index >= 15 is 0 Å². The summed E-state index contributed by atoms with van der Waals surface area (Å²) >= 11 is 0. The van der Waals surface area contributed by atoms with Crippen LogP contribution in [0.3, 0.4) is 0 Å². The maximum atomic E-state index is 12.0. The maximum Gasteiger partial charge on any atom is 0.323 e. The van der Waals surface area contributed by atoms with Gasteiger partial charge < -0.3 is 19.2 Å². The number of furan rings is 1. The zero-order valence-electron chi connectivity index (χ0n) is 11.0. The van der Waals surface area contributed by atoms with Crippen LogP contribution in [-0.2, 0) is 19.4 Å². The van der Waals surface area contributed by atoms with E-state index in [2.05, 4.69) is 0 Å². The van der Waals surface area contributed by atoms with Crippen molar-refractivity contribution in [1.29, 1.82) is 0 Å². The van der Waals surface area contributed by atoms with E-state index in [1.807, 2.05) is 0 Å². The van der Waals surface area contributed by atoms with E-state index in [1.165, 1.54) is 13.2 Å². The second-order valence-electron chi connectivity index (χ2n) is 4.00. The second-order valence-corrected chi connectivity index (χ2v) is 5.95. The molecule has 20 heavy (non-hydrogen) atoms. The molecule has 0 fully saturated rings. The minimum Gasteiger partial charge on any atom is -0.480 e. The van der Waals surface area contributed by atoms with Crippen molar-refractivity contribution >= 4 is 21.7 Å². The Bertz CT molecular complexity index is 590. The number of aliphatic carboxylic acids is 1. The van der Waals surface area contributed by atoms with Crippen LogP contribution in [0.5, 0.6) is 0 Å². The van der Waals surface area contributed by atoms with E-state index in [0.717, 1.165) is 17.2 Å². The van der Waals surface area contributed by atoms with Gasteiger partial charge >= 0.3 is 5.97 Å². The fourth-order valence-electron chi connectivity index (χ4n) is 1.41. The Morgan fingerprint density at radius 2 is 2.05 bits per heavy atom. The molecule has 0 bridgehead atoms. The molecular formula is C11H15NO7S. The topological polar surface area (TPSA) is 114 Å². The molecule has 0 radical (unpaired) electrons. The Balaban J connectivity index is 2.93. The van der Waals surface area contributed by atoms with Crippen molar-refractivity contribution in [3.63, 3.8) is 0 Å². The average Bonchev–Trinajstić information content (AvgIpc) is 2.82. The number of sulfone groups is 1. The molecule has 1 rings (SSSR count). The highest BCUT2D eigenvalue weighted by Gasteiger charge is 2.23. The van der Waals surface area contributed by atoms with Crippen molar-refractivity contribution in [1.82, 2.24) is 4.90 Å². The standard InChI is InChI=1S/C11H15NO7S/c1-18-6-5-12(7-9(13)14)11(15)8-3-4-10(19-8)20(2,16)17/h3-4H,5-7H2,1-2H3,(H,13,14). The molecular weight excluding hydrogens is 290 g/mol. The van der Waals surface area contributed by atoms with Gasteiger partial charge in [-0.15, -0.1) is 0 Å². The van der Waals surface area contributed by atoms with Crippen molar-refractivity contribution in [2.75, 3.05) is 33.1 Å². The summed E-state index contributed by atoms with van der Waals surface area (Å²) in [6.07, 6.45) is 0.944. The van der Waals surface area contributed by atoms with E-state index in [9.17, 15) is 18.0 Å². The van der Waals surface area contributed by atoms with Crippen molar-refractivity contribution in [2.24, 2.45) is 0 Å². The maximum absolute atomic E-state index is 12.0. The highest BCUT2D eigenvalue weighted by molar-refractivity contribution is 7.90. The number of nitrogens with zero attached hydrogens (tertiary/aromatic N) is 1. The van der Waals surface area contributed by atoms with Crippen molar-refractivity contribution < 1.29 is 32.3 Å². The van der Waals surface area contributed by atoms with Crippen molar-refractivity contribution in [3.8, 4) is 0 Å². The van der Waals surface area contributed by atoms with E-state index < -0.39 is 28.3 Å². The smallest absolute Gasteiger partial charge is 0.323 e. The molecule has 1 amide bonds. The van der Waals surface area contributed by atoms with Gasteiger partial charge in [-0.1, -0.05) is 0 Å². The fourth-order valence-corrected chi connectivity index (χ4v) is 1.96. The average molecular weight is 305 g/mol. The summed E-state index contributed by atoms with van der Waals surface area (Å²) in [6, 6.07) is 2.35. The molecule has 0 atom stereocenters. The van der Waals surface area contributed by atoms with Crippen LogP contribution in [0.2, 0.25) is 0 Å². The molecule has 0 aliphatic carbocycles. The van der Waals surface area contributed by atoms with Crippen molar-refractivity contribution in [2.45, 2.75) is 5.09 Å². The van der Waals surface area contributed by atoms with Crippen LogP contribution in [0.1, 0.15) is 10.6 Å². The SMILES string of the molecule is COCCN(CC(=O)O)C(=O)c1ccc(S(C)(=O)=O)o1. The van der Waals surface area contributed by atoms with Crippen LogP contribution in [-0.4, -0.2) is 63.4 Å². The quantitative estimate of drug-likeness (QED) is 0.745. The Morgan fingerprint density at radius 3 is 2.50 bits per heavy atom. The third-order valence-corrected chi connectivity index (χ3v) is 3.29. The number of hydrogen-bond acceptors (Lipinski definition) is 6. The summed E-state index contributed by atoms with van der Waals surface area (Å²) in [5, 5.41) is 8.41. The van der Waals surface area contributed by atoms with Gasteiger partial charge in [0.2, 0.25) is 14.9 Å². The summed E-state index contributed by atoms with van der Waals surface area (Å²) in [4.78, 5) is 23.8. The molecule has 0 spiro atoms. The van der Waals surface area contributed by atoms with E-state index in [-0.39, 0.29) is 24.0 Å². The van der Waals surface area contributed by atoms with E-state index in [0.29, 0.717) is 0 Å². The van der Waals surface area contributed by atoms with Gasteiger partial charge in [-0.25, -0.2) is 8.42 Å². The lowest BCUT2D eigenvalue weighted by Crippen LogP contribution is -2.37. The van der Waals surface area contributed by atoms with Gasteiger partial charge in [-0.3, -0.25) is 9.59 Å². The highest BCUT2D eigenvalue weighted by Crippen LogP contribution is 2.15. The largest absolute Gasteiger partial charge is 0.480 e. The lowest BCUT2D eigenvalue weighted by molar-refractivity contribution is -0.137. The zero-order chi connectivity index (χ0) is 15.3. The zero-order valence-corrected chi connectivity index (χ0v) is 11.8. The molecule has 0 aromatic carbocycles. The predicted octanol–water partition coefficient (Wildman–Crippen LogP) is -0.144. The number of amides is 1. The van der Waals surface area contributed by atoms with Gasteiger partial charge in [0.1, 0.15) is 6.54 Å². The second kappa shape index (κ2) is 6.53. The molecule has 0 saturated heterocycles. The number of carboxylic acids is 1. The van der Waals surface area contributed by atoms with Gasteiger partial charge in [0.25, 0.3) is 5.91 Å². The molecule has 112 valence electrons. The summed E-state index contributed by atoms with van der Waals surface area (Å²) in [5.41, 5.74) is 0. The third-order valence-electron chi connectivity index (χ3n) is 2.34. The van der Waals surface area contributed by atoms with Crippen LogP contribution in [0.4, 0.5) is 0 Å². The third kappa shape index (κ3) is 4.35. The van der Waals surface area contributed by atoms with Crippen LogP contribution >= 0.6 is 0 Å². The molecule has 8 nitrogen and oxygen atoms in total. The van der Waals surface area contributed by atoms with Gasteiger partial charge in [-0.05, 0) is 12.1 Å². The summed E-state index contributed by atoms with van der Waals surface area (Å²) < 4.78 is 32.2. The molecule has 1 N–H and O–H groups in total. The molecule has 0 saturated carbocycles. The minimum absolute atomic E-state index is 0.0521. The first-order valence-electron chi connectivity index (χ1n) is 5.55. The monoisotopic (exact) mass is 305 g/mol. The number of rotatable bonds is 7. The number of carbonyl (C=O) groups excluding carboxylic acids is 1. The molecule has 0 aliphatic rings. The summed E-state index contributed by atoms with van der Waals surface area (Å²) in [6.45, 7) is -0.327. The summed E-state index contributed by atoms with van der Waals surface area (Å²) in [5.74, 6) is -2.13. The number of carbonyl (C=O) groups is 2. The number of methoxy groups -OCH3 is 1. The van der Waals surface area contributed by atoms with Crippen LogP contribution < -0.4 is 0 Å². The van der Waals surface area contributed by atoms with Crippen LogP contribution in [0, 0.1) is 0 Å².